The Morgan fingerprint density at radius 2 is 0.930 bits per heavy atom. The highest BCUT2D eigenvalue weighted by atomic mass is 15.4. The maximum atomic E-state index is 4.02. The quantitative estimate of drug-likeness (QED) is 0.122. The van der Waals surface area contributed by atoms with Crippen molar-refractivity contribution in [1.82, 2.24) is 16.0 Å². The summed E-state index contributed by atoms with van der Waals surface area (Å²) in [5, 5.41) is 19.5. The molecule has 1 heterocycles. The molecule has 0 bridgehead atoms. The van der Waals surface area contributed by atoms with Crippen LogP contribution in [-0.4, -0.2) is 0 Å². The lowest BCUT2D eigenvalue weighted by molar-refractivity contribution is 0.203. The molecule has 3 N–H and O–H groups in total. The topological polar surface area (TPSA) is 36.1 Å². The van der Waals surface area contributed by atoms with Crippen LogP contribution in [0.25, 0.3) is 65.7 Å². The molecular weight excluding hydrogens is 691 g/mol. The van der Waals surface area contributed by atoms with Gasteiger partial charge in [0.05, 0.1) is 18.5 Å². The van der Waals surface area contributed by atoms with E-state index in [2.05, 4.69) is 218 Å². The molecular formula is C54H43N3. The Kier molecular flexibility index (Phi) is 7.97. The molecule has 0 amide bonds. The molecule has 0 saturated carbocycles. The highest BCUT2D eigenvalue weighted by Crippen LogP contribution is 2.51. The van der Waals surface area contributed by atoms with E-state index in [1.54, 1.807) is 0 Å². The Morgan fingerprint density at radius 1 is 0.368 bits per heavy atom. The first-order valence-electron chi connectivity index (χ1n) is 20.1. The van der Waals surface area contributed by atoms with Crippen LogP contribution in [0.5, 0.6) is 0 Å². The number of hydrogen-bond donors (Lipinski definition) is 3. The first kappa shape index (κ1) is 33.9. The van der Waals surface area contributed by atoms with Crippen molar-refractivity contribution in [1.29, 1.82) is 0 Å². The fraction of sp³-hybridized carbons (Fsp3) is 0.111. The molecule has 3 heteroatoms. The summed E-state index contributed by atoms with van der Waals surface area (Å²) in [5.41, 5.74) is 14.1. The summed E-state index contributed by atoms with van der Waals surface area (Å²) in [6.45, 7) is 4.71. The smallest absolute Gasteiger partial charge is 0.0870 e. The largest absolute Gasteiger partial charge is 0.279 e. The van der Waals surface area contributed by atoms with Gasteiger partial charge in [0.1, 0.15) is 0 Å². The molecule has 11 rings (SSSR count). The molecule has 9 aromatic rings. The molecule has 1 saturated heterocycles. The summed E-state index contributed by atoms with van der Waals surface area (Å²) in [6.07, 6.45) is -0.263. The van der Waals surface area contributed by atoms with Gasteiger partial charge in [-0.2, -0.15) is 0 Å². The van der Waals surface area contributed by atoms with E-state index in [4.69, 9.17) is 0 Å². The average molecular weight is 734 g/mol. The molecule has 0 aromatic heterocycles. The SMILES string of the molecule is CC1(C)c2ccccc2-c2c(C3NC(c4ccccc4)NC(c4ccc(-c5c6ccccc6c(-c6ccccc6)c6ccc7ccccc7c56)cc4)N3)cccc21. The van der Waals surface area contributed by atoms with Crippen LogP contribution in [0.15, 0.2) is 188 Å². The van der Waals surface area contributed by atoms with E-state index in [0.29, 0.717) is 0 Å². The molecule has 0 radical (unpaired) electrons. The van der Waals surface area contributed by atoms with Crippen molar-refractivity contribution < 1.29 is 0 Å². The van der Waals surface area contributed by atoms with E-state index in [1.807, 2.05) is 0 Å². The predicted molar refractivity (Wildman–Crippen MR) is 238 cm³/mol. The van der Waals surface area contributed by atoms with Crippen LogP contribution >= 0.6 is 0 Å². The lowest BCUT2D eigenvalue weighted by Gasteiger charge is -2.40. The zero-order valence-corrected chi connectivity index (χ0v) is 32.1. The second-order valence-electron chi connectivity index (χ2n) is 16.1. The van der Waals surface area contributed by atoms with Crippen molar-refractivity contribution in [2.45, 2.75) is 37.8 Å². The number of fused-ring (bicyclic) bond motifs is 7. The van der Waals surface area contributed by atoms with Gasteiger partial charge in [0.15, 0.2) is 0 Å². The predicted octanol–water partition coefficient (Wildman–Crippen LogP) is 13.0. The van der Waals surface area contributed by atoms with Crippen LogP contribution in [0.3, 0.4) is 0 Å². The molecule has 9 aromatic carbocycles. The fourth-order valence-electron chi connectivity index (χ4n) is 9.88. The molecule has 3 nitrogen and oxygen atoms in total. The lowest BCUT2D eigenvalue weighted by Crippen LogP contribution is -2.54. The Hall–Kier alpha value is -6.36. The monoisotopic (exact) mass is 733 g/mol. The maximum absolute atomic E-state index is 4.02. The Balaban J connectivity index is 1.05. The van der Waals surface area contributed by atoms with Crippen molar-refractivity contribution in [3.63, 3.8) is 0 Å². The average Bonchev–Trinajstić information content (AvgIpc) is 3.52. The van der Waals surface area contributed by atoms with Crippen molar-refractivity contribution >= 4 is 32.3 Å². The van der Waals surface area contributed by atoms with Crippen LogP contribution in [0.4, 0.5) is 0 Å². The van der Waals surface area contributed by atoms with E-state index in [0.717, 1.165) is 0 Å². The summed E-state index contributed by atoms with van der Waals surface area (Å²) in [4.78, 5) is 0. The maximum Gasteiger partial charge on any atom is 0.0870 e. The van der Waals surface area contributed by atoms with Crippen LogP contribution in [-0.2, 0) is 5.41 Å². The standard InChI is InChI=1S/C54H43N3/c1-54(2)45-26-14-13-24-42(45)49-44(25-15-27-46(49)54)53-56-51(37-19-7-4-8-20-37)55-52(57-53)38-30-28-36(29-31-38)48-41-23-12-11-22-40(41)47(35-17-5-3-6-18-35)43-33-32-34-16-9-10-21-39(34)50(43)48/h3-33,51-53,55-57H,1-2H3. The molecule has 3 unspecified atom stereocenters. The van der Waals surface area contributed by atoms with Gasteiger partial charge < -0.3 is 0 Å². The number of hydrogen-bond acceptors (Lipinski definition) is 3. The van der Waals surface area contributed by atoms with Gasteiger partial charge in [0.25, 0.3) is 0 Å². The molecule has 1 aliphatic heterocycles. The minimum atomic E-state index is -0.106. The van der Waals surface area contributed by atoms with E-state index in [9.17, 15) is 0 Å². The summed E-state index contributed by atoms with van der Waals surface area (Å²) in [7, 11) is 0. The lowest BCUT2D eigenvalue weighted by atomic mass is 9.82. The highest BCUT2D eigenvalue weighted by Gasteiger charge is 2.39. The molecule has 2 aliphatic rings. The summed E-state index contributed by atoms with van der Waals surface area (Å²) in [6, 6.07) is 69.1. The molecule has 274 valence electrons. The molecule has 3 atom stereocenters. The molecule has 1 aliphatic carbocycles. The van der Waals surface area contributed by atoms with Gasteiger partial charge in [-0.3, -0.25) is 16.0 Å². The first-order chi connectivity index (χ1) is 28.0. The van der Waals surface area contributed by atoms with Crippen LogP contribution in [0.2, 0.25) is 0 Å². The van der Waals surface area contributed by atoms with Gasteiger partial charge in [-0.1, -0.05) is 202 Å². The summed E-state index contributed by atoms with van der Waals surface area (Å²) < 4.78 is 0. The third kappa shape index (κ3) is 5.46. The fourth-order valence-corrected chi connectivity index (χ4v) is 9.88. The Labute approximate surface area is 334 Å². The van der Waals surface area contributed by atoms with E-state index < -0.39 is 0 Å². The molecule has 0 spiro atoms. The third-order valence-electron chi connectivity index (χ3n) is 12.6. The highest BCUT2D eigenvalue weighted by molar-refractivity contribution is 6.27. The summed E-state index contributed by atoms with van der Waals surface area (Å²) >= 11 is 0. The van der Waals surface area contributed by atoms with E-state index >= 15 is 0 Å². The van der Waals surface area contributed by atoms with Crippen LogP contribution in [0, 0.1) is 0 Å². The minimum absolute atomic E-state index is 0.0626. The van der Waals surface area contributed by atoms with E-state index in [-0.39, 0.29) is 23.9 Å². The van der Waals surface area contributed by atoms with Crippen LogP contribution in [0.1, 0.15) is 60.2 Å². The van der Waals surface area contributed by atoms with Gasteiger partial charge >= 0.3 is 0 Å². The van der Waals surface area contributed by atoms with Crippen molar-refractivity contribution in [2.24, 2.45) is 0 Å². The van der Waals surface area contributed by atoms with Gasteiger partial charge in [-0.05, 0) is 93.5 Å². The zero-order valence-electron chi connectivity index (χ0n) is 32.1. The third-order valence-corrected chi connectivity index (χ3v) is 12.6. The van der Waals surface area contributed by atoms with Gasteiger partial charge in [0.2, 0.25) is 0 Å². The van der Waals surface area contributed by atoms with Crippen molar-refractivity contribution in [3.05, 3.63) is 216 Å². The number of rotatable bonds is 5. The normalized spacial score (nSPS) is 18.5. The second-order valence-corrected chi connectivity index (χ2v) is 16.1. The summed E-state index contributed by atoms with van der Waals surface area (Å²) in [5.74, 6) is 0. The second kappa shape index (κ2) is 13.4. The Bertz CT molecular complexity index is 2970. The number of benzene rings is 9. The molecule has 1 fully saturated rings. The minimum Gasteiger partial charge on any atom is -0.279 e. The van der Waals surface area contributed by atoms with Gasteiger partial charge in [-0.25, -0.2) is 0 Å². The van der Waals surface area contributed by atoms with Crippen molar-refractivity contribution in [3.8, 4) is 33.4 Å². The number of nitrogens with one attached hydrogen (secondary N) is 3. The van der Waals surface area contributed by atoms with Gasteiger partial charge in [-0.15, -0.1) is 0 Å². The van der Waals surface area contributed by atoms with E-state index in [1.165, 1.54) is 93.5 Å². The Morgan fingerprint density at radius 3 is 1.68 bits per heavy atom. The van der Waals surface area contributed by atoms with Gasteiger partial charge in [0, 0.05) is 5.41 Å². The van der Waals surface area contributed by atoms with Crippen molar-refractivity contribution in [2.75, 3.05) is 0 Å². The van der Waals surface area contributed by atoms with Crippen LogP contribution < -0.4 is 16.0 Å². The first-order valence-corrected chi connectivity index (χ1v) is 20.1. The zero-order chi connectivity index (χ0) is 38.1. The molecule has 57 heavy (non-hydrogen) atoms.